The molecule has 4 fully saturated rings. The van der Waals surface area contributed by atoms with E-state index in [0.29, 0.717) is 6.42 Å². The van der Waals surface area contributed by atoms with Crippen molar-refractivity contribution in [2.24, 2.45) is 23.2 Å². The van der Waals surface area contributed by atoms with Gasteiger partial charge in [-0.1, -0.05) is 29.8 Å². The van der Waals surface area contributed by atoms with E-state index in [-0.39, 0.29) is 29.6 Å². The summed E-state index contributed by atoms with van der Waals surface area (Å²) >= 11 is 0. The van der Waals surface area contributed by atoms with Gasteiger partial charge in [0.15, 0.2) is 0 Å². The zero-order valence-electron chi connectivity index (χ0n) is 18.0. The van der Waals surface area contributed by atoms with E-state index in [1.807, 2.05) is 31.2 Å². The Bertz CT molecular complexity index is 782. The molecule has 0 spiro atoms. The Balaban J connectivity index is 1.29. The molecule has 0 aliphatic heterocycles. The lowest BCUT2D eigenvalue weighted by Gasteiger charge is -2.56. The molecular formula is C24H33N3O3. The summed E-state index contributed by atoms with van der Waals surface area (Å²) in [6.07, 6.45) is 8.11. The van der Waals surface area contributed by atoms with Crippen LogP contribution >= 0.6 is 0 Å². The Labute approximate surface area is 178 Å². The van der Waals surface area contributed by atoms with Crippen LogP contribution in [-0.4, -0.2) is 17.7 Å². The Kier molecular flexibility index (Phi) is 5.85. The first-order chi connectivity index (χ1) is 14.3. The number of carbonyl (C=O) groups excluding carboxylic acids is 3. The highest BCUT2D eigenvalue weighted by Gasteiger charge is 2.51. The van der Waals surface area contributed by atoms with Crippen LogP contribution in [0.3, 0.4) is 0 Å². The third kappa shape index (κ3) is 4.85. The summed E-state index contributed by atoms with van der Waals surface area (Å²) in [6.45, 7) is 3.43. The molecular weight excluding hydrogens is 378 g/mol. The Morgan fingerprint density at radius 3 is 2.00 bits per heavy atom. The summed E-state index contributed by atoms with van der Waals surface area (Å²) in [5, 5.41) is 2.82. The van der Waals surface area contributed by atoms with Crippen molar-refractivity contribution in [3.63, 3.8) is 0 Å². The van der Waals surface area contributed by atoms with Crippen LogP contribution < -0.4 is 16.2 Å². The maximum absolute atomic E-state index is 12.6. The summed E-state index contributed by atoms with van der Waals surface area (Å²) in [6, 6.07) is 7.30. The molecule has 6 nitrogen and oxygen atoms in total. The van der Waals surface area contributed by atoms with Crippen LogP contribution in [0.2, 0.25) is 0 Å². The van der Waals surface area contributed by atoms with Crippen molar-refractivity contribution in [1.82, 2.24) is 16.2 Å². The van der Waals surface area contributed by atoms with Gasteiger partial charge in [-0.3, -0.25) is 25.2 Å². The first-order valence-electron chi connectivity index (χ1n) is 11.2. The van der Waals surface area contributed by atoms with E-state index in [1.54, 1.807) is 0 Å². The summed E-state index contributed by atoms with van der Waals surface area (Å²) in [7, 11) is 0. The normalized spacial score (nSPS) is 29.9. The van der Waals surface area contributed by atoms with E-state index in [1.165, 1.54) is 45.4 Å². The highest BCUT2D eigenvalue weighted by Crippen LogP contribution is 2.61. The summed E-state index contributed by atoms with van der Waals surface area (Å²) < 4.78 is 0. The smallest absolute Gasteiger partial charge is 0.240 e. The van der Waals surface area contributed by atoms with Crippen LogP contribution in [0.5, 0.6) is 0 Å². The molecule has 4 aliphatic carbocycles. The molecule has 1 unspecified atom stereocenters. The van der Waals surface area contributed by atoms with Crippen molar-refractivity contribution in [2.75, 3.05) is 0 Å². The first-order valence-corrected chi connectivity index (χ1v) is 11.2. The summed E-state index contributed by atoms with van der Waals surface area (Å²) in [4.78, 5) is 36.7. The van der Waals surface area contributed by atoms with E-state index in [4.69, 9.17) is 0 Å². The largest absolute Gasteiger partial charge is 0.349 e. The van der Waals surface area contributed by atoms with Gasteiger partial charge in [-0.15, -0.1) is 0 Å². The fraction of sp³-hybridized carbons (Fsp3) is 0.625. The molecule has 30 heavy (non-hydrogen) atoms. The molecule has 0 saturated heterocycles. The lowest BCUT2D eigenvalue weighted by Crippen LogP contribution is -2.50. The molecule has 3 amide bonds. The van der Waals surface area contributed by atoms with Crippen molar-refractivity contribution >= 4 is 17.7 Å². The first kappa shape index (κ1) is 20.9. The standard InChI is InChI=1S/C24H33N3O3/c1-15-3-5-20(6-4-15)21(25-16(2)28)10-22(29)26-27-23(30)14-24-11-17-7-18(12-24)9-19(8-17)13-24/h3-6,17-19,21H,7-14H2,1-2H3,(H,25,28)(H,26,29)(H,27,30). The molecule has 1 aromatic carbocycles. The molecule has 0 radical (unpaired) electrons. The predicted octanol–water partition coefficient (Wildman–Crippen LogP) is 3.32. The van der Waals surface area contributed by atoms with Crippen LogP contribution in [0.15, 0.2) is 24.3 Å². The second-order valence-corrected chi connectivity index (χ2v) is 10.1. The van der Waals surface area contributed by atoms with Crippen LogP contribution in [0, 0.1) is 30.1 Å². The molecule has 4 bridgehead atoms. The number of hydrazine groups is 1. The number of hydrogen-bond donors (Lipinski definition) is 3. The third-order valence-corrected chi connectivity index (χ3v) is 7.29. The number of amides is 3. The zero-order valence-corrected chi connectivity index (χ0v) is 18.0. The number of carbonyl (C=O) groups is 3. The number of aryl methyl sites for hydroxylation is 1. The van der Waals surface area contributed by atoms with Gasteiger partial charge in [0.25, 0.3) is 0 Å². The molecule has 0 heterocycles. The van der Waals surface area contributed by atoms with Crippen LogP contribution in [0.25, 0.3) is 0 Å². The summed E-state index contributed by atoms with van der Waals surface area (Å²) in [5.74, 6) is 1.79. The fourth-order valence-electron chi connectivity index (χ4n) is 6.56. The molecule has 1 aromatic rings. The van der Waals surface area contributed by atoms with E-state index < -0.39 is 6.04 Å². The van der Waals surface area contributed by atoms with Gasteiger partial charge in [-0.25, -0.2) is 0 Å². The van der Waals surface area contributed by atoms with Crippen LogP contribution in [0.1, 0.15) is 75.5 Å². The van der Waals surface area contributed by atoms with E-state index in [2.05, 4.69) is 16.2 Å². The second kappa shape index (κ2) is 8.40. The Morgan fingerprint density at radius 1 is 0.933 bits per heavy atom. The third-order valence-electron chi connectivity index (χ3n) is 7.29. The molecule has 1 atom stereocenters. The highest BCUT2D eigenvalue weighted by molar-refractivity contribution is 5.83. The van der Waals surface area contributed by atoms with Crippen molar-refractivity contribution in [1.29, 1.82) is 0 Å². The van der Waals surface area contributed by atoms with Crippen LogP contribution in [-0.2, 0) is 14.4 Å². The molecule has 4 aliphatic rings. The number of rotatable bonds is 6. The van der Waals surface area contributed by atoms with Gasteiger partial charge in [-0.2, -0.15) is 0 Å². The average molecular weight is 412 g/mol. The van der Waals surface area contributed by atoms with Gasteiger partial charge in [0.05, 0.1) is 12.5 Å². The minimum Gasteiger partial charge on any atom is -0.349 e. The van der Waals surface area contributed by atoms with Crippen molar-refractivity contribution in [3.8, 4) is 0 Å². The minimum atomic E-state index is -0.428. The maximum atomic E-state index is 12.6. The van der Waals surface area contributed by atoms with Crippen molar-refractivity contribution in [2.45, 2.75) is 71.3 Å². The van der Waals surface area contributed by atoms with E-state index in [0.717, 1.165) is 28.9 Å². The van der Waals surface area contributed by atoms with Crippen molar-refractivity contribution < 1.29 is 14.4 Å². The predicted molar refractivity (Wildman–Crippen MR) is 114 cm³/mol. The molecule has 5 rings (SSSR count). The fourth-order valence-corrected chi connectivity index (χ4v) is 6.56. The minimum absolute atomic E-state index is 0.0697. The Morgan fingerprint density at radius 2 is 1.47 bits per heavy atom. The zero-order chi connectivity index (χ0) is 21.3. The number of hydrogen-bond acceptors (Lipinski definition) is 3. The second-order valence-electron chi connectivity index (χ2n) is 10.1. The molecule has 6 heteroatoms. The summed E-state index contributed by atoms with van der Waals surface area (Å²) in [5.41, 5.74) is 7.31. The number of benzene rings is 1. The topological polar surface area (TPSA) is 87.3 Å². The molecule has 4 saturated carbocycles. The monoisotopic (exact) mass is 411 g/mol. The highest BCUT2D eigenvalue weighted by atomic mass is 16.2. The molecule has 0 aromatic heterocycles. The Hall–Kier alpha value is -2.37. The average Bonchev–Trinajstić information content (AvgIpc) is 2.64. The van der Waals surface area contributed by atoms with E-state index >= 15 is 0 Å². The SMILES string of the molecule is CC(=O)NC(CC(=O)NNC(=O)CC12CC3CC(CC(C3)C1)C2)c1ccc(C)cc1. The molecule has 162 valence electrons. The number of nitrogens with one attached hydrogen (secondary N) is 3. The quantitative estimate of drug-likeness (QED) is 0.628. The van der Waals surface area contributed by atoms with Gasteiger partial charge in [0.1, 0.15) is 0 Å². The lowest BCUT2D eigenvalue weighted by molar-refractivity contribution is -0.134. The van der Waals surface area contributed by atoms with Gasteiger partial charge < -0.3 is 5.32 Å². The maximum Gasteiger partial charge on any atom is 0.240 e. The van der Waals surface area contributed by atoms with E-state index in [9.17, 15) is 14.4 Å². The van der Waals surface area contributed by atoms with Crippen molar-refractivity contribution in [3.05, 3.63) is 35.4 Å². The van der Waals surface area contributed by atoms with Crippen LogP contribution in [0.4, 0.5) is 0 Å². The van der Waals surface area contributed by atoms with Gasteiger partial charge in [0, 0.05) is 13.3 Å². The lowest BCUT2D eigenvalue weighted by atomic mass is 9.49. The van der Waals surface area contributed by atoms with Gasteiger partial charge in [-0.05, 0) is 74.2 Å². The van der Waals surface area contributed by atoms with Gasteiger partial charge in [0.2, 0.25) is 17.7 Å². The van der Waals surface area contributed by atoms with Gasteiger partial charge >= 0.3 is 0 Å². The molecule has 3 N–H and O–H groups in total.